The molecule has 0 fully saturated rings. The van der Waals surface area contributed by atoms with Crippen LogP contribution in [-0.4, -0.2) is 16.0 Å². The van der Waals surface area contributed by atoms with Crippen molar-refractivity contribution in [2.45, 2.75) is 0 Å². The Bertz CT molecular complexity index is 734. The summed E-state index contributed by atoms with van der Waals surface area (Å²) in [5.41, 5.74) is -0.724. The van der Waals surface area contributed by atoms with E-state index in [2.05, 4.69) is 15.9 Å². The molecule has 8 heteroatoms. The summed E-state index contributed by atoms with van der Waals surface area (Å²) < 4.78 is 18.6. The Hall–Kier alpha value is -2.48. The van der Waals surface area contributed by atoms with E-state index in [-0.39, 0.29) is 21.5 Å². The van der Waals surface area contributed by atoms with E-state index in [1.54, 1.807) is 0 Å². The Balaban J connectivity index is 2.44. The highest BCUT2D eigenvalue weighted by Gasteiger charge is 2.19. The minimum atomic E-state index is -1.28. The summed E-state index contributed by atoms with van der Waals surface area (Å²) in [7, 11) is 0. The van der Waals surface area contributed by atoms with Crippen LogP contribution in [0.1, 0.15) is 10.4 Å². The van der Waals surface area contributed by atoms with Crippen LogP contribution < -0.4 is 4.74 Å². The quantitative estimate of drug-likeness (QED) is 0.661. The van der Waals surface area contributed by atoms with Gasteiger partial charge in [0.1, 0.15) is 11.6 Å². The summed E-state index contributed by atoms with van der Waals surface area (Å²) in [6.45, 7) is 0. The fraction of sp³-hybridized carbons (Fsp3) is 0. The van der Waals surface area contributed by atoms with Gasteiger partial charge in [-0.05, 0) is 46.3 Å². The summed E-state index contributed by atoms with van der Waals surface area (Å²) in [4.78, 5) is 21.1. The summed E-state index contributed by atoms with van der Waals surface area (Å²) in [5, 5.41) is 19.8. The van der Waals surface area contributed by atoms with Gasteiger partial charge in [0.15, 0.2) is 0 Å². The monoisotopic (exact) mass is 355 g/mol. The fourth-order valence-electron chi connectivity index (χ4n) is 1.56. The van der Waals surface area contributed by atoms with Crippen molar-refractivity contribution >= 4 is 27.6 Å². The zero-order chi connectivity index (χ0) is 15.6. The molecule has 0 saturated carbocycles. The van der Waals surface area contributed by atoms with Crippen molar-refractivity contribution < 1.29 is 24.0 Å². The first-order valence-corrected chi connectivity index (χ1v) is 6.32. The molecule has 0 saturated heterocycles. The number of carbonyl (C=O) groups is 1. The summed E-state index contributed by atoms with van der Waals surface area (Å²) in [6.07, 6.45) is 0. The number of halogens is 2. The third-order valence-corrected chi connectivity index (χ3v) is 3.14. The van der Waals surface area contributed by atoms with Crippen LogP contribution in [0.15, 0.2) is 40.9 Å². The van der Waals surface area contributed by atoms with Gasteiger partial charge in [-0.3, -0.25) is 10.1 Å². The second-order valence-corrected chi connectivity index (χ2v) is 4.78. The van der Waals surface area contributed by atoms with E-state index < -0.39 is 22.4 Å². The van der Waals surface area contributed by atoms with Gasteiger partial charge < -0.3 is 9.84 Å². The zero-order valence-corrected chi connectivity index (χ0v) is 11.8. The molecule has 21 heavy (non-hydrogen) atoms. The molecule has 0 atom stereocenters. The molecule has 0 aromatic heterocycles. The molecule has 0 spiro atoms. The first kappa shape index (κ1) is 14.9. The third kappa shape index (κ3) is 3.34. The molecule has 2 aromatic rings. The van der Waals surface area contributed by atoms with E-state index in [1.807, 2.05) is 0 Å². The number of hydrogen-bond acceptors (Lipinski definition) is 4. The Morgan fingerprint density at radius 1 is 1.24 bits per heavy atom. The molecule has 108 valence electrons. The highest BCUT2D eigenvalue weighted by atomic mass is 79.9. The third-order valence-electron chi connectivity index (χ3n) is 2.52. The lowest BCUT2D eigenvalue weighted by atomic mass is 10.2. The predicted molar refractivity (Wildman–Crippen MR) is 74.2 cm³/mol. The predicted octanol–water partition coefficient (Wildman–Crippen LogP) is 3.99. The molecule has 0 aliphatic heterocycles. The summed E-state index contributed by atoms with van der Waals surface area (Å²) in [6, 6.07) is 6.84. The van der Waals surface area contributed by atoms with Crippen LogP contribution in [0.25, 0.3) is 0 Å². The van der Waals surface area contributed by atoms with Gasteiger partial charge in [0.05, 0.1) is 15.0 Å². The molecule has 0 bridgehead atoms. The average Bonchev–Trinajstić information content (AvgIpc) is 2.41. The number of benzene rings is 2. The number of rotatable bonds is 4. The van der Waals surface area contributed by atoms with Gasteiger partial charge in [-0.25, -0.2) is 9.18 Å². The van der Waals surface area contributed by atoms with Crippen LogP contribution in [0.5, 0.6) is 11.5 Å². The van der Waals surface area contributed by atoms with Crippen LogP contribution in [0, 0.1) is 15.9 Å². The van der Waals surface area contributed by atoms with Crippen molar-refractivity contribution in [1.82, 2.24) is 0 Å². The number of nitro benzene ring substituents is 1. The van der Waals surface area contributed by atoms with Gasteiger partial charge in [-0.1, -0.05) is 0 Å². The maximum absolute atomic E-state index is 13.0. The Labute approximate surface area is 126 Å². The highest BCUT2D eigenvalue weighted by Crippen LogP contribution is 2.35. The van der Waals surface area contributed by atoms with E-state index in [4.69, 9.17) is 9.84 Å². The van der Waals surface area contributed by atoms with Crippen molar-refractivity contribution in [2.75, 3.05) is 0 Å². The fourth-order valence-corrected chi connectivity index (χ4v) is 1.99. The van der Waals surface area contributed by atoms with Crippen LogP contribution >= 0.6 is 15.9 Å². The summed E-state index contributed by atoms with van der Waals surface area (Å²) >= 11 is 3.07. The number of carboxylic acids is 1. The number of hydrogen-bond donors (Lipinski definition) is 1. The summed E-state index contributed by atoms with van der Waals surface area (Å²) in [5.74, 6) is -1.75. The molecular formula is C13H7BrFNO5. The topological polar surface area (TPSA) is 89.7 Å². The number of aromatic carboxylic acids is 1. The molecule has 0 aliphatic rings. The van der Waals surface area contributed by atoms with Crippen LogP contribution in [0.4, 0.5) is 10.1 Å². The maximum atomic E-state index is 13.0. The van der Waals surface area contributed by atoms with Crippen molar-refractivity contribution in [3.8, 4) is 11.5 Å². The van der Waals surface area contributed by atoms with Crippen LogP contribution in [0.2, 0.25) is 0 Å². The molecule has 0 radical (unpaired) electrons. The Morgan fingerprint density at radius 2 is 1.90 bits per heavy atom. The van der Waals surface area contributed by atoms with Gasteiger partial charge in [-0.2, -0.15) is 0 Å². The number of nitro groups is 1. The molecule has 2 aromatic carbocycles. The molecule has 2 rings (SSSR count). The molecular weight excluding hydrogens is 349 g/mol. The first-order chi connectivity index (χ1) is 9.88. The van der Waals surface area contributed by atoms with E-state index in [9.17, 15) is 19.3 Å². The second-order valence-electron chi connectivity index (χ2n) is 3.92. The zero-order valence-electron chi connectivity index (χ0n) is 10.2. The molecule has 0 heterocycles. The standard InChI is InChI=1S/C13H7BrFNO5/c14-9-6-8(15)2-4-11(9)21-12-3-1-7(13(17)18)5-10(12)16(19)20/h1-6H,(H,17,18). The van der Waals surface area contributed by atoms with Gasteiger partial charge in [0.2, 0.25) is 5.75 Å². The van der Waals surface area contributed by atoms with Gasteiger partial charge in [-0.15, -0.1) is 0 Å². The van der Waals surface area contributed by atoms with Crippen molar-refractivity contribution in [3.05, 3.63) is 62.4 Å². The molecule has 0 unspecified atom stereocenters. The SMILES string of the molecule is O=C(O)c1ccc(Oc2ccc(F)cc2Br)c([N+](=O)[O-])c1. The molecule has 0 amide bonds. The number of ether oxygens (including phenoxy) is 1. The molecule has 0 aliphatic carbocycles. The largest absolute Gasteiger partial charge is 0.478 e. The normalized spacial score (nSPS) is 10.2. The van der Waals surface area contributed by atoms with E-state index >= 15 is 0 Å². The Kier molecular flexibility index (Phi) is 4.18. The Morgan fingerprint density at radius 3 is 2.48 bits per heavy atom. The van der Waals surface area contributed by atoms with Crippen LogP contribution in [-0.2, 0) is 0 Å². The minimum Gasteiger partial charge on any atom is -0.478 e. The minimum absolute atomic E-state index is 0.141. The van der Waals surface area contributed by atoms with E-state index in [1.165, 1.54) is 18.2 Å². The lowest BCUT2D eigenvalue weighted by Gasteiger charge is -2.08. The van der Waals surface area contributed by atoms with Gasteiger partial charge >= 0.3 is 11.7 Å². The van der Waals surface area contributed by atoms with Crippen LogP contribution in [0.3, 0.4) is 0 Å². The lowest BCUT2D eigenvalue weighted by molar-refractivity contribution is -0.385. The smallest absolute Gasteiger partial charge is 0.335 e. The average molecular weight is 356 g/mol. The van der Waals surface area contributed by atoms with Gasteiger partial charge in [0.25, 0.3) is 0 Å². The maximum Gasteiger partial charge on any atom is 0.335 e. The first-order valence-electron chi connectivity index (χ1n) is 5.53. The lowest BCUT2D eigenvalue weighted by Crippen LogP contribution is -2.00. The molecule has 1 N–H and O–H groups in total. The number of carboxylic acid groups (broad SMARTS) is 1. The van der Waals surface area contributed by atoms with Gasteiger partial charge in [0, 0.05) is 6.07 Å². The van der Waals surface area contributed by atoms with Crippen molar-refractivity contribution in [2.24, 2.45) is 0 Å². The number of nitrogens with zero attached hydrogens (tertiary/aromatic N) is 1. The second kappa shape index (κ2) is 5.88. The van der Waals surface area contributed by atoms with E-state index in [0.29, 0.717) is 0 Å². The highest BCUT2D eigenvalue weighted by molar-refractivity contribution is 9.10. The van der Waals surface area contributed by atoms with Crippen molar-refractivity contribution in [3.63, 3.8) is 0 Å². The molecule has 6 nitrogen and oxygen atoms in total. The van der Waals surface area contributed by atoms with Crippen molar-refractivity contribution in [1.29, 1.82) is 0 Å². The van der Waals surface area contributed by atoms with E-state index in [0.717, 1.165) is 18.2 Å².